The number of ether oxygens (including phenoxy) is 1. The lowest BCUT2D eigenvalue weighted by molar-refractivity contribution is -0.115. The molecule has 1 amide bonds. The Morgan fingerprint density at radius 2 is 2.17 bits per heavy atom. The van der Waals surface area contributed by atoms with Crippen molar-refractivity contribution < 1.29 is 14.1 Å². The highest BCUT2D eigenvalue weighted by Gasteiger charge is 2.13. The molecule has 122 valence electrons. The largest absolute Gasteiger partial charge is 0.437 e. The van der Waals surface area contributed by atoms with Crippen LogP contribution < -0.4 is 10.1 Å². The van der Waals surface area contributed by atoms with E-state index in [1.807, 2.05) is 6.92 Å². The van der Waals surface area contributed by atoms with E-state index in [0.717, 1.165) is 11.3 Å². The number of aryl methyl sites for hydroxylation is 2. The standard InChI is InChI=1S/C17H16N4O3/c1-11-15(12(2)24-21-11)9-16(22)20-13-4-3-5-14(8-13)23-17-10-18-6-7-19-17/h3-8,10H,9H2,1-2H3,(H,20,22). The van der Waals surface area contributed by atoms with Crippen molar-refractivity contribution in [1.82, 2.24) is 15.1 Å². The van der Waals surface area contributed by atoms with E-state index < -0.39 is 0 Å². The number of carbonyl (C=O) groups is 1. The number of carbonyl (C=O) groups excluding carboxylic acids is 1. The predicted molar refractivity (Wildman–Crippen MR) is 86.9 cm³/mol. The van der Waals surface area contributed by atoms with Crippen molar-refractivity contribution >= 4 is 11.6 Å². The molecule has 24 heavy (non-hydrogen) atoms. The first-order valence-corrected chi connectivity index (χ1v) is 7.37. The number of amides is 1. The van der Waals surface area contributed by atoms with Gasteiger partial charge in [0.15, 0.2) is 0 Å². The van der Waals surface area contributed by atoms with E-state index in [0.29, 0.717) is 23.1 Å². The summed E-state index contributed by atoms with van der Waals surface area (Å²) in [5.41, 5.74) is 2.16. The zero-order valence-electron chi connectivity index (χ0n) is 13.3. The van der Waals surface area contributed by atoms with Crippen LogP contribution in [-0.4, -0.2) is 21.0 Å². The molecule has 0 spiro atoms. The second-order valence-electron chi connectivity index (χ2n) is 5.20. The van der Waals surface area contributed by atoms with Crippen LogP contribution in [0.4, 0.5) is 5.69 Å². The molecule has 0 saturated carbocycles. The number of hydrogen-bond donors (Lipinski definition) is 1. The number of rotatable bonds is 5. The van der Waals surface area contributed by atoms with Crippen molar-refractivity contribution in [2.75, 3.05) is 5.32 Å². The van der Waals surface area contributed by atoms with Crippen LogP contribution in [-0.2, 0) is 11.2 Å². The van der Waals surface area contributed by atoms with Crippen LogP contribution in [0, 0.1) is 13.8 Å². The molecule has 0 saturated heterocycles. The Kier molecular flexibility index (Phi) is 4.51. The third-order valence-corrected chi connectivity index (χ3v) is 3.40. The topological polar surface area (TPSA) is 90.1 Å². The van der Waals surface area contributed by atoms with Crippen LogP contribution >= 0.6 is 0 Å². The van der Waals surface area contributed by atoms with E-state index in [9.17, 15) is 4.79 Å². The predicted octanol–water partition coefficient (Wildman–Crippen LogP) is 3.05. The number of aromatic nitrogens is 3. The fraction of sp³-hybridized carbons (Fsp3) is 0.176. The fourth-order valence-electron chi connectivity index (χ4n) is 2.22. The Labute approximate surface area is 138 Å². The Balaban J connectivity index is 1.67. The van der Waals surface area contributed by atoms with Crippen molar-refractivity contribution in [3.05, 3.63) is 59.9 Å². The molecule has 1 aromatic carbocycles. The lowest BCUT2D eigenvalue weighted by Gasteiger charge is -2.08. The molecule has 0 atom stereocenters. The molecule has 0 radical (unpaired) electrons. The number of nitrogens with zero attached hydrogens (tertiary/aromatic N) is 3. The number of anilines is 1. The summed E-state index contributed by atoms with van der Waals surface area (Å²) in [4.78, 5) is 20.2. The van der Waals surface area contributed by atoms with Gasteiger partial charge >= 0.3 is 0 Å². The Morgan fingerprint density at radius 3 is 2.88 bits per heavy atom. The summed E-state index contributed by atoms with van der Waals surface area (Å²) in [7, 11) is 0. The summed E-state index contributed by atoms with van der Waals surface area (Å²) in [6.45, 7) is 3.60. The highest BCUT2D eigenvalue weighted by molar-refractivity contribution is 5.92. The van der Waals surface area contributed by atoms with Gasteiger partial charge in [-0.1, -0.05) is 11.2 Å². The van der Waals surface area contributed by atoms with Gasteiger partial charge in [0.05, 0.1) is 18.3 Å². The van der Waals surface area contributed by atoms with Gasteiger partial charge in [-0.3, -0.25) is 9.78 Å². The zero-order chi connectivity index (χ0) is 16.9. The van der Waals surface area contributed by atoms with Crippen LogP contribution in [0.5, 0.6) is 11.6 Å². The second kappa shape index (κ2) is 6.91. The fourth-order valence-corrected chi connectivity index (χ4v) is 2.22. The molecule has 0 aliphatic rings. The average Bonchev–Trinajstić information content (AvgIpc) is 2.88. The summed E-state index contributed by atoms with van der Waals surface area (Å²) in [5, 5.41) is 6.69. The van der Waals surface area contributed by atoms with Crippen molar-refractivity contribution in [3.63, 3.8) is 0 Å². The highest BCUT2D eigenvalue weighted by Crippen LogP contribution is 2.22. The van der Waals surface area contributed by atoms with Gasteiger partial charge in [0.2, 0.25) is 11.8 Å². The summed E-state index contributed by atoms with van der Waals surface area (Å²) in [6.07, 6.45) is 4.84. The van der Waals surface area contributed by atoms with Gasteiger partial charge < -0.3 is 14.6 Å². The lowest BCUT2D eigenvalue weighted by Crippen LogP contribution is -2.15. The van der Waals surface area contributed by atoms with Crippen molar-refractivity contribution in [1.29, 1.82) is 0 Å². The van der Waals surface area contributed by atoms with E-state index in [2.05, 4.69) is 20.4 Å². The molecule has 0 aliphatic carbocycles. The summed E-state index contributed by atoms with van der Waals surface area (Å²) in [5.74, 6) is 1.45. The van der Waals surface area contributed by atoms with Crippen LogP contribution in [0.1, 0.15) is 17.0 Å². The summed E-state index contributed by atoms with van der Waals surface area (Å²) >= 11 is 0. The minimum atomic E-state index is -0.152. The van der Waals surface area contributed by atoms with Crippen LogP contribution in [0.2, 0.25) is 0 Å². The van der Waals surface area contributed by atoms with E-state index in [1.54, 1.807) is 43.6 Å². The van der Waals surface area contributed by atoms with Gasteiger partial charge in [0.25, 0.3) is 0 Å². The van der Waals surface area contributed by atoms with E-state index in [-0.39, 0.29) is 12.3 Å². The van der Waals surface area contributed by atoms with Gasteiger partial charge in [-0.05, 0) is 26.0 Å². The molecule has 7 heteroatoms. The second-order valence-corrected chi connectivity index (χ2v) is 5.20. The van der Waals surface area contributed by atoms with Gasteiger partial charge in [-0.25, -0.2) is 4.98 Å². The maximum absolute atomic E-state index is 12.2. The monoisotopic (exact) mass is 324 g/mol. The van der Waals surface area contributed by atoms with Gasteiger partial charge in [-0.15, -0.1) is 0 Å². The molecule has 0 aliphatic heterocycles. The molecular weight excluding hydrogens is 308 g/mol. The molecule has 0 unspecified atom stereocenters. The molecule has 3 aromatic rings. The molecule has 7 nitrogen and oxygen atoms in total. The minimum absolute atomic E-state index is 0.152. The molecular formula is C17H16N4O3. The Hall–Kier alpha value is -3.22. The molecule has 2 heterocycles. The van der Waals surface area contributed by atoms with Gasteiger partial charge in [0.1, 0.15) is 11.5 Å². The Bertz CT molecular complexity index is 827. The summed E-state index contributed by atoms with van der Waals surface area (Å²) in [6, 6.07) is 7.07. The normalized spacial score (nSPS) is 10.4. The number of benzene rings is 1. The first kappa shape index (κ1) is 15.7. The SMILES string of the molecule is Cc1noc(C)c1CC(=O)Nc1cccc(Oc2cnccn2)c1. The maximum atomic E-state index is 12.2. The minimum Gasteiger partial charge on any atom is -0.437 e. The maximum Gasteiger partial charge on any atom is 0.237 e. The molecule has 0 fully saturated rings. The molecule has 3 rings (SSSR count). The zero-order valence-corrected chi connectivity index (χ0v) is 13.3. The van der Waals surface area contributed by atoms with Crippen molar-refractivity contribution in [3.8, 4) is 11.6 Å². The van der Waals surface area contributed by atoms with Crippen molar-refractivity contribution in [2.24, 2.45) is 0 Å². The van der Waals surface area contributed by atoms with Gasteiger partial charge in [0, 0.05) is 29.7 Å². The van der Waals surface area contributed by atoms with E-state index in [1.165, 1.54) is 6.20 Å². The first-order valence-electron chi connectivity index (χ1n) is 7.37. The quantitative estimate of drug-likeness (QED) is 0.775. The molecule has 2 aromatic heterocycles. The van der Waals surface area contributed by atoms with E-state index >= 15 is 0 Å². The Morgan fingerprint density at radius 1 is 1.29 bits per heavy atom. The van der Waals surface area contributed by atoms with Crippen molar-refractivity contribution in [2.45, 2.75) is 20.3 Å². The first-order chi connectivity index (χ1) is 11.6. The smallest absolute Gasteiger partial charge is 0.237 e. The lowest BCUT2D eigenvalue weighted by atomic mass is 10.1. The number of nitrogens with one attached hydrogen (secondary N) is 1. The van der Waals surface area contributed by atoms with Gasteiger partial charge in [-0.2, -0.15) is 0 Å². The average molecular weight is 324 g/mol. The molecule has 1 N–H and O–H groups in total. The third-order valence-electron chi connectivity index (χ3n) is 3.40. The van der Waals surface area contributed by atoms with E-state index in [4.69, 9.17) is 9.26 Å². The van der Waals surface area contributed by atoms with Crippen LogP contribution in [0.25, 0.3) is 0 Å². The third kappa shape index (κ3) is 3.75. The highest BCUT2D eigenvalue weighted by atomic mass is 16.5. The van der Waals surface area contributed by atoms with Crippen LogP contribution in [0.15, 0.2) is 47.4 Å². The van der Waals surface area contributed by atoms with Crippen LogP contribution in [0.3, 0.4) is 0 Å². The number of hydrogen-bond acceptors (Lipinski definition) is 6. The molecule has 0 bridgehead atoms. The summed E-state index contributed by atoms with van der Waals surface area (Å²) < 4.78 is 10.7.